The molecule has 7 heteroatoms. The van der Waals surface area contributed by atoms with Crippen LogP contribution in [0.3, 0.4) is 0 Å². The Kier molecular flexibility index (Phi) is 5.83. The number of carbonyl (C=O) groups excluding carboxylic acids is 1. The van der Waals surface area contributed by atoms with Gasteiger partial charge in [-0.2, -0.15) is 0 Å². The number of piperazine rings is 1. The molecule has 1 saturated carbocycles. The van der Waals surface area contributed by atoms with E-state index in [4.69, 9.17) is 4.74 Å². The van der Waals surface area contributed by atoms with E-state index in [2.05, 4.69) is 26.3 Å². The summed E-state index contributed by atoms with van der Waals surface area (Å²) in [7, 11) is 1.69. The fourth-order valence-electron chi connectivity index (χ4n) is 4.20. The SMILES string of the molecule is COc1ccccc1N1CCN(C(=O)c2cc(C)nc(NC3CCCC3)n2)CC1. The average Bonchev–Trinajstić information content (AvgIpc) is 3.26. The van der Waals surface area contributed by atoms with Gasteiger partial charge in [-0.1, -0.05) is 25.0 Å². The second-order valence-corrected chi connectivity index (χ2v) is 7.79. The lowest BCUT2D eigenvalue weighted by molar-refractivity contribution is 0.0740. The van der Waals surface area contributed by atoms with Gasteiger partial charge in [-0.25, -0.2) is 9.97 Å². The Hall–Kier alpha value is -2.83. The lowest BCUT2D eigenvalue weighted by atomic mass is 10.2. The summed E-state index contributed by atoms with van der Waals surface area (Å²) in [5.74, 6) is 1.42. The highest BCUT2D eigenvalue weighted by molar-refractivity contribution is 5.93. The molecule has 2 aliphatic rings. The van der Waals surface area contributed by atoms with Gasteiger partial charge in [0, 0.05) is 37.9 Å². The Bertz CT molecular complexity index is 858. The fraction of sp³-hybridized carbons (Fsp3) is 0.500. The van der Waals surface area contributed by atoms with Crippen molar-refractivity contribution in [3.8, 4) is 5.75 Å². The number of benzene rings is 1. The van der Waals surface area contributed by atoms with E-state index < -0.39 is 0 Å². The van der Waals surface area contributed by atoms with Gasteiger partial charge in [-0.15, -0.1) is 0 Å². The topological polar surface area (TPSA) is 70.6 Å². The maximum absolute atomic E-state index is 13.1. The van der Waals surface area contributed by atoms with Gasteiger partial charge in [-0.3, -0.25) is 4.79 Å². The molecule has 1 aromatic heterocycles. The van der Waals surface area contributed by atoms with Crippen LogP contribution in [0.1, 0.15) is 41.9 Å². The molecule has 1 N–H and O–H groups in total. The molecule has 0 bridgehead atoms. The second-order valence-electron chi connectivity index (χ2n) is 7.79. The summed E-state index contributed by atoms with van der Waals surface area (Å²) in [5.41, 5.74) is 2.36. The molecular formula is C22H29N5O2. The minimum absolute atomic E-state index is 0.0235. The van der Waals surface area contributed by atoms with Gasteiger partial charge < -0.3 is 19.9 Å². The van der Waals surface area contributed by atoms with Crippen LogP contribution in [0.2, 0.25) is 0 Å². The van der Waals surface area contributed by atoms with Crippen LogP contribution in [0.25, 0.3) is 0 Å². The number of ether oxygens (including phenoxy) is 1. The summed E-state index contributed by atoms with van der Waals surface area (Å²) in [5, 5.41) is 3.41. The maximum atomic E-state index is 13.1. The Morgan fingerprint density at radius 1 is 1.10 bits per heavy atom. The van der Waals surface area contributed by atoms with Gasteiger partial charge in [-0.05, 0) is 38.0 Å². The van der Waals surface area contributed by atoms with Crippen molar-refractivity contribution in [2.24, 2.45) is 0 Å². The third-order valence-electron chi connectivity index (χ3n) is 5.75. The van der Waals surface area contributed by atoms with Crippen molar-refractivity contribution >= 4 is 17.5 Å². The third kappa shape index (κ3) is 4.44. The number of nitrogens with one attached hydrogen (secondary N) is 1. The third-order valence-corrected chi connectivity index (χ3v) is 5.75. The lowest BCUT2D eigenvalue weighted by Crippen LogP contribution is -2.49. The fourth-order valence-corrected chi connectivity index (χ4v) is 4.20. The number of hydrogen-bond donors (Lipinski definition) is 1. The first-order chi connectivity index (χ1) is 14.1. The van der Waals surface area contributed by atoms with Crippen LogP contribution in [0.15, 0.2) is 30.3 Å². The predicted octanol–water partition coefficient (Wildman–Crippen LogP) is 3.11. The van der Waals surface area contributed by atoms with Crippen LogP contribution in [-0.4, -0.2) is 60.1 Å². The van der Waals surface area contributed by atoms with Gasteiger partial charge in [0.1, 0.15) is 11.4 Å². The van der Waals surface area contributed by atoms with Crippen molar-refractivity contribution in [1.29, 1.82) is 0 Å². The minimum Gasteiger partial charge on any atom is -0.495 e. The molecule has 1 amide bonds. The predicted molar refractivity (Wildman–Crippen MR) is 114 cm³/mol. The number of rotatable bonds is 5. The van der Waals surface area contributed by atoms with Crippen molar-refractivity contribution < 1.29 is 9.53 Å². The standard InChI is InChI=1S/C22H29N5O2/c1-16-15-18(25-22(23-16)24-17-7-3-4-8-17)21(28)27-13-11-26(12-14-27)19-9-5-6-10-20(19)29-2/h5-6,9-10,15,17H,3-4,7-8,11-14H2,1-2H3,(H,23,24,25). The van der Waals surface area contributed by atoms with Crippen molar-refractivity contribution in [3.63, 3.8) is 0 Å². The average molecular weight is 396 g/mol. The molecule has 0 atom stereocenters. The number of carbonyl (C=O) groups is 1. The quantitative estimate of drug-likeness (QED) is 0.839. The summed E-state index contributed by atoms with van der Waals surface area (Å²) in [6, 6.07) is 10.2. The zero-order valence-corrected chi connectivity index (χ0v) is 17.2. The number of aromatic nitrogens is 2. The van der Waals surface area contributed by atoms with Gasteiger partial charge in [0.05, 0.1) is 12.8 Å². The molecule has 2 aromatic rings. The normalized spacial score (nSPS) is 17.4. The van der Waals surface area contributed by atoms with Gasteiger partial charge in [0.25, 0.3) is 5.91 Å². The van der Waals surface area contributed by atoms with E-state index in [0.717, 1.165) is 43.1 Å². The summed E-state index contributed by atoms with van der Waals surface area (Å²) >= 11 is 0. The van der Waals surface area contributed by atoms with E-state index in [9.17, 15) is 4.79 Å². The summed E-state index contributed by atoms with van der Waals surface area (Å²) in [4.78, 5) is 26.2. The first-order valence-electron chi connectivity index (χ1n) is 10.4. The zero-order chi connectivity index (χ0) is 20.2. The number of anilines is 2. The number of hydrogen-bond acceptors (Lipinski definition) is 6. The van der Waals surface area contributed by atoms with E-state index in [-0.39, 0.29) is 5.91 Å². The molecule has 1 aliphatic heterocycles. The molecule has 2 fully saturated rings. The first-order valence-corrected chi connectivity index (χ1v) is 10.4. The molecule has 7 nitrogen and oxygen atoms in total. The van der Waals surface area contributed by atoms with E-state index in [1.54, 1.807) is 13.2 Å². The first kappa shape index (κ1) is 19.5. The van der Waals surface area contributed by atoms with Crippen LogP contribution in [0.5, 0.6) is 5.75 Å². The molecule has 4 rings (SSSR count). The number of nitrogens with zero attached hydrogens (tertiary/aromatic N) is 4. The van der Waals surface area contributed by atoms with Gasteiger partial charge >= 0.3 is 0 Å². The maximum Gasteiger partial charge on any atom is 0.272 e. The highest BCUT2D eigenvalue weighted by Gasteiger charge is 2.25. The van der Waals surface area contributed by atoms with Crippen molar-refractivity contribution in [2.45, 2.75) is 38.6 Å². The van der Waals surface area contributed by atoms with Crippen molar-refractivity contribution in [3.05, 3.63) is 41.7 Å². The minimum atomic E-state index is -0.0235. The second kappa shape index (κ2) is 8.68. The number of aryl methyl sites for hydroxylation is 1. The van der Waals surface area contributed by atoms with Crippen LogP contribution in [0, 0.1) is 6.92 Å². The van der Waals surface area contributed by atoms with Crippen LogP contribution in [0.4, 0.5) is 11.6 Å². The van der Waals surface area contributed by atoms with Gasteiger partial charge in [0.15, 0.2) is 0 Å². The molecule has 1 saturated heterocycles. The smallest absolute Gasteiger partial charge is 0.272 e. The van der Waals surface area contributed by atoms with E-state index in [1.807, 2.05) is 30.0 Å². The number of methoxy groups -OCH3 is 1. The lowest BCUT2D eigenvalue weighted by Gasteiger charge is -2.36. The molecule has 0 radical (unpaired) electrons. The number of para-hydroxylation sites is 2. The highest BCUT2D eigenvalue weighted by atomic mass is 16.5. The summed E-state index contributed by atoms with van der Waals surface area (Å²) < 4.78 is 5.48. The van der Waals surface area contributed by atoms with Gasteiger partial charge in [0.2, 0.25) is 5.95 Å². The molecule has 1 aromatic carbocycles. The summed E-state index contributed by atoms with van der Waals surface area (Å²) in [6.45, 7) is 4.77. The van der Waals surface area contributed by atoms with E-state index in [1.165, 1.54) is 12.8 Å². The molecule has 154 valence electrons. The Morgan fingerprint density at radius 3 is 2.55 bits per heavy atom. The largest absolute Gasteiger partial charge is 0.495 e. The molecule has 2 heterocycles. The number of amides is 1. The van der Waals surface area contributed by atoms with Crippen LogP contribution >= 0.6 is 0 Å². The molecule has 1 aliphatic carbocycles. The molecule has 0 spiro atoms. The van der Waals surface area contributed by atoms with E-state index in [0.29, 0.717) is 30.8 Å². The van der Waals surface area contributed by atoms with Crippen LogP contribution in [-0.2, 0) is 0 Å². The molecular weight excluding hydrogens is 366 g/mol. The van der Waals surface area contributed by atoms with E-state index >= 15 is 0 Å². The van der Waals surface area contributed by atoms with Crippen molar-refractivity contribution in [1.82, 2.24) is 14.9 Å². The Morgan fingerprint density at radius 2 is 1.83 bits per heavy atom. The Balaban J connectivity index is 1.42. The van der Waals surface area contributed by atoms with Crippen molar-refractivity contribution in [2.75, 3.05) is 43.5 Å². The molecule has 0 unspecified atom stereocenters. The zero-order valence-electron chi connectivity index (χ0n) is 17.2. The summed E-state index contributed by atoms with van der Waals surface area (Å²) in [6.07, 6.45) is 4.77. The van der Waals surface area contributed by atoms with Crippen LogP contribution < -0.4 is 15.0 Å². The highest BCUT2D eigenvalue weighted by Crippen LogP contribution is 2.28. The monoisotopic (exact) mass is 395 g/mol. The molecule has 29 heavy (non-hydrogen) atoms. The Labute approximate surface area is 172 Å².